The van der Waals surface area contributed by atoms with Gasteiger partial charge in [0, 0.05) is 38.3 Å². The quantitative estimate of drug-likeness (QED) is 0.631. The molecule has 0 radical (unpaired) electrons. The predicted octanol–water partition coefficient (Wildman–Crippen LogP) is 3.64. The number of ether oxygens (including phenoxy) is 3. The first-order chi connectivity index (χ1) is 13.7. The zero-order chi connectivity index (χ0) is 19.5. The lowest BCUT2D eigenvalue weighted by atomic mass is 10.1. The molecular formula is C21H25N3O3S. The Balaban J connectivity index is 1.44. The molecule has 1 aromatic heterocycles. The molecule has 7 heteroatoms. The Hall–Kier alpha value is -2.51. The van der Waals surface area contributed by atoms with Gasteiger partial charge in [-0.25, -0.2) is 4.98 Å². The number of nitrogens with zero attached hydrogens (tertiary/aromatic N) is 3. The molecule has 6 nitrogen and oxygen atoms in total. The van der Waals surface area contributed by atoms with Crippen LogP contribution >= 0.6 is 11.3 Å². The number of fused-ring (bicyclic) bond motifs is 1. The highest BCUT2D eigenvalue weighted by molar-refractivity contribution is 7.22. The van der Waals surface area contributed by atoms with Crippen molar-refractivity contribution in [3.05, 3.63) is 42.0 Å². The van der Waals surface area contributed by atoms with E-state index in [0.29, 0.717) is 0 Å². The summed E-state index contributed by atoms with van der Waals surface area (Å²) in [5.74, 6) is 2.60. The minimum Gasteiger partial charge on any atom is -0.497 e. The molecule has 0 unspecified atom stereocenters. The maximum Gasteiger partial charge on any atom is 0.186 e. The molecule has 148 valence electrons. The topological polar surface area (TPSA) is 47.1 Å². The molecule has 2 aromatic carbocycles. The molecule has 1 aliphatic heterocycles. The Morgan fingerprint density at radius 3 is 2.43 bits per heavy atom. The van der Waals surface area contributed by atoms with Gasteiger partial charge in [-0.05, 0) is 30.3 Å². The number of para-hydroxylation sites is 1. The lowest BCUT2D eigenvalue weighted by Crippen LogP contribution is -2.46. The molecule has 1 saturated heterocycles. The van der Waals surface area contributed by atoms with Gasteiger partial charge in [0.05, 0.1) is 26.0 Å². The van der Waals surface area contributed by atoms with E-state index >= 15 is 0 Å². The van der Waals surface area contributed by atoms with E-state index in [1.165, 1.54) is 0 Å². The molecule has 0 spiro atoms. The number of rotatable bonds is 6. The predicted molar refractivity (Wildman–Crippen MR) is 113 cm³/mol. The van der Waals surface area contributed by atoms with Crippen LogP contribution in [0.25, 0.3) is 10.2 Å². The van der Waals surface area contributed by atoms with Gasteiger partial charge in [0.15, 0.2) is 5.13 Å². The van der Waals surface area contributed by atoms with Crippen LogP contribution in [0.5, 0.6) is 17.2 Å². The van der Waals surface area contributed by atoms with E-state index in [1.807, 2.05) is 24.3 Å². The molecule has 3 aromatic rings. The number of aromatic nitrogens is 1. The third-order valence-corrected chi connectivity index (χ3v) is 6.20. The van der Waals surface area contributed by atoms with E-state index in [9.17, 15) is 0 Å². The monoisotopic (exact) mass is 399 g/mol. The molecule has 28 heavy (non-hydrogen) atoms. The van der Waals surface area contributed by atoms with Crippen LogP contribution in [0.3, 0.4) is 0 Å². The number of piperazine rings is 1. The fraction of sp³-hybridized carbons (Fsp3) is 0.381. The first-order valence-corrected chi connectivity index (χ1v) is 10.1. The van der Waals surface area contributed by atoms with Crippen LogP contribution in [0.4, 0.5) is 5.13 Å². The van der Waals surface area contributed by atoms with Crippen molar-refractivity contribution in [1.82, 2.24) is 9.88 Å². The summed E-state index contributed by atoms with van der Waals surface area (Å²) in [6.07, 6.45) is 0. The molecule has 2 heterocycles. The van der Waals surface area contributed by atoms with Crippen molar-refractivity contribution in [2.24, 2.45) is 0 Å². The van der Waals surface area contributed by atoms with E-state index in [4.69, 9.17) is 19.2 Å². The van der Waals surface area contributed by atoms with Crippen molar-refractivity contribution in [1.29, 1.82) is 0 Å². The number of methoxy groups -OCH3 is 3. The second-order valence-corrected chi connectivity index (χ2v) is 7.75. The van der Waals surface area contributed by atoms with E-state index in [2.05, 4.69) is 21.9 Å². The van der Waals surface area contributed by atoms with Gasteiger partial charge in [-0.2, -0.15) is 0 Å². The van der Waals surface area contributed by atoms with E-state index in [0.717, 1.165) is 70.9 Å². The molecule has 0 N–H and O–H groups in total. The van der Waals surface area contributed by atoms with Gasteiger partial charge < -0.3 is 19.1 Å². The van der Waals surface area contributed by atoms with Gasteiger partial charge in [-0.3, -0.25) is 4.90 Å². The van der Waals surface area contributed by atoms with Gasteiger partial charge in [0.25, 0.3) is 0 Å². The Labute approximate surface area is 169 Å². The van der Waals surface area contributed by atoms with Crippen LogP contribution in [-0.2, 0) is 6.54 Å². The lowest BCUT2D eigenvalue weighted by Gasteiger charge is -2.34. The third-order valence-electron chi connectivity index (χ3n) is 5.11. The van der Waals surface area contributed by atoms with Gasteiger partial charge in [-0.15, -0.1) is 0 Å². The molecular weight excluding hydrogens is 374 g/mol. The minimum absolute atomic E-state index is 0.837. The molecule has 0 bridgehead atoms. The Bertz CT molecular complexity index is 951. The van der Waals surface area contributed by atoms with Crippen LogP contribution in [0, 0.1) is 0 Å². The number of anilines is 1. The lowest BCUT2D eigenvalue weighted by molar-refractivity contribution is 0.245. The second-order valence-electron chi connectivity index (χ2n) is 6.74. The zero-order valence-corrected chi connectivity index (χ0v) is 17.3. The first kappa shape index (κ1) is 18.8. The van der Waals surface area contributed by atoms with Crippen molar-refractivity contribution < 1.29 is 14.2 Å². The van der Waals surface area contributed by atoms with Crippen LogP contribution in [-0.4, -0.2) is 57.4 Å². The normalized spacial score (nSPS) is 15.0. The summed E-state index contributed by atoms with van der Waals surface area (Å²) in [5.41, 5.74) is 2.11. The molecule has 1 aliphatic rings. The average Bonchev–Trinajstić information content (AvgIpc) is 3.18. The summed E-state index contributed by atoms with van der Waals surface area (Å²) in [7, 11) is 5.10. The van der Waals surface area contributed by atoms with Gasteiger partial charge in [0.2, 0.25) is 0 Å². The summed E-state index contributed by atoms with van der Waals surface area (Å²) < 4.78 is 17.5. The number of thiazole rings is 1. The highest BCUT2D eigenvalue weighted by Crippen LogP contribution is 2.34. The van der Waals surface area contributed by atoms with E-state index in [-0.39, 0.29) is 0 Å². The van der Waals surface area contributed by atoms with Crippen molar-refractivity contribution in [2.75, 3.05) is 52.4 Å². The number of hydrogen-bond donors (Lipinski definition) is 0. The van der Waals surface area contributed by atoms with Crippen LogP contribution in [0.2, 0.25) is 0 Å². The fourth-order valence-electron chi connectivity index (χ4n) is 3.56. The van der Waals surface area contributed by atoms with E-state index < -0.39 is 0 Å². The minimum atomic E-state index is 0.837. The van der Waals surface area contributed by atoms with Gasteiger partial charge in [-0.1, -0.05) is 17.4 Å². The highest BCUT2D eigenvalue weighted by atomic mass is 32.1. The van der Waals surface area contributed by atoms with Crippen LogP contribution in [0.15, 0.2) is 36.4 Å². The maximum absolute atomic E-state index is 5.52. The first-order valence-electron chi connectivity index (χ1n) is 9.33. The Kier molecular flexibility index (Phi) is 5.54. The molecule has 1 fully saturated rings. The Morgan fingerprint density at radius 2 is 1.71 bits per heavy atom. The van der Waals surface area contributed by atoms with Gasteiger partial charge >= 0.3 is 0 Å². The van der Waals surface area contributed by atoms with Crippen molar-refractivity contribution in [2.45, 2.75) is 6.54 Å². The standard InChI is InChI=1S/C21H25N3O3S/c1-25-16-7-8-17(26-2)15(13-16)14-23-9-11-24(12-10-23)21-22-20-18(27-3)5-4-6-19(20)28-21/h4-8,13H,9-12,14H2,1-3H3. The highest BCUT2D eigenvalue weighted by Gasteiger charge is 2.21. The Morgan fingerprint density at radius 1 is 0.929 bits per heavy atom. The average molecular weight is 400 g/mol. The second kappa shape index (κ2) is 8.24. The van der Waals surface area contributed by atoms with Crippen LogP contribution in [0.1, 0.15) is 5.56 Å². The van der Waals surface area contributed by atoms with E-state index in [1.54, 1.807) is 32.7 Å². The molecule has 0 aliphatic carbocycles. The summed E-state index contributed by atoms with van der Waals surface area (Å²) >= 11 is 1.73. The summed E-state index contributed by atoms with van der Waals surface area (Å²) in [5, 5.41) is 1.07. The third kappa shape index (κ3) is 3.72. The fourth-order valence-corrected chi connectivity index (χ4v) is 4.59. The molecule has 0 amide bonds. The smallest absolute Gasteiger partial charge is 0.186 e. The van der Waals surface area contributed by atoms with Crippen molar-refractivity contribution >= 4 is 26.7 Å². The van der Waals surface area contributed by atoms with Crippen molar-refractivity contribution in [3.63, 3.8) is 0 Å². The molecule has 0 atom stereocenters. The van der Waals surface area contributed by atoms with Gasteiger partial charge in [0.1, 0.15) is 22.8 Å². The number of benzene rings is 2. The van der Waals surface area contributed by atoms with Crippen LogP contribution < -0.4 is 19.1 Å². The maximum atomic E-state index is 5.52. The SMILES string of the molecule is COc1ccc(OC)c(CN2CCN(c3nc4c(OC)cccc4s3)CC2)c1. The summed E-state index contributed by atoms with van der Waals surface area (Å²) in [6.45, 7) is 4.71. The largest absolute Gasteiger partial charge is 0.497 e. The zero-order valence-electron chi connectivity index (χ0n) is 16.5. The molecule has 0 saturated carbocycles. The van der Waals surface area contributed by atoms with Crippen molar-refractivity contribution in [3.8, 4) is 17.2 Å². The summed E-state index contributed by atoms with van der Waals surface area (Å²) in [4.78, 5) is 9.64. The summed E-state index contributed by atoms with van der Waals surface area (Å²) in [6, 6.07) is 12.0. The molecule has 4 rings (SSSR count). The number of hydrogen-bond acceptors (Lipinski definition) is 7.